The van der Waals surface area contributed by atoms with Crippen LogP contribution in [0.1, 0.15) is 46.1 Å². The molecule has 0 aliphatic rings. The molecular formula is C19H30N2O. The number of likely N-dealkylation sites (N-methyl/N-ethyl adjacent to an activating group) is 1. The maximum atomic E-state index is 6.01. The summed E-state index contributed by atoms with van der Waals surface area (Å²) >= 11 is 0. The van der Waals surface area contributed by atoms with Crippen molar-refractivity contribution in [2.45, 2.75) is 58.6 Å². The van der Waals surface area contributed by atoms with E-state index in [1.807, 2.05) is 6.07 Å². The molecule has 1 aromatic heterocycles. The summed E-state index contributed by atoms with van der Waals surface area (Å²) in [4.78, 5) is 5.72. The molecule has 0 saturated heterocycles. The van der Waals surface area contributed by atoms with Gasteiger partial charge in [0.1, 0.15) is 11.4 Å². The Morgan fingerprint density at radius 2 is 1.95 bits per heavy atom. The number of aromatic amines is 1. The van der Waals surface area contributed by atoms with Crippen LogP contribution in [-0.4, -0.2) is 35.6 Å². The van der Waals surface area contributed by atoms with Crippen molar-refractivity contribution < 1.29 is 4.74 Å². The Hall–Kier alpha value is -1.48. The number of hydrogen-bond acceptors (Lipinski definition) is 2. The van der Waals surface area contributed by atoms with Crippen LogP contribution in [0, 0.1) is 0 Å². The number of benzene rings is 1. The topological polar surface area (TPSA) is 28.3 Å². The summed E-state index contributed by atoms with van der Waals surface area (Å²) in [6.07, 6.45) is 5.65. The molecule has 0 radical (unpaired) electrons. The van der Waals surface area contributed by atoms with Gasteiger partial charge in [0.15, 0.2) is 0 Å². The second-order valence-corrected chi connectivity index (χ2v) is 7.35. The highest BCUT2D eigenvalue weighted by Crippen LogP contribution is 2.27. The standard InChI is InChI=1S/C19H30N2O/c1-7-8-15(21(5)6)11-14-13-20-18-10-9-16(12-17(14)18)22-19(2,3)4/h9-10,12-13,15,20H,7-8,11H2,1-6H3. The Morgan fingerprint density at radius 1 is 1.23 bits per heavy atom. The quantitative estimate of drug-likeness (QED) is 0.843. The molecule has 0 fully saturated rings. The first-order valence-electron chi connectivity index (χ1n) is 8.25. The fraction of sp³-hybridized carbons (Fsp3) is 0.579. The van der Waals surface area contributed by atoms with Gasteiger partial charge in [-0.05, 0) is 71.5 Å². The van der Waals surface area contributed by atoms with Crippen molar-refractivity contribution in [2.24, 2.45) is 0 Å². The molecule has 3 heteroatoms. The number of nitrogens with zero attached hydrogens (tertiary/aromatic N) is 1. The zero-order valence-electron chi connectivity index (χ0n) is 14.9. The van der Waals surface area contributed by atoms with Crippen LogP contribution >= 0.6 is 0 Å². The molecule has 0 bridgehead atoms. The number of nitrogens with one attached hydrogen (secondary N) is 1. The number of H-pyrrole nitrogens is 1. The minimum atomic E-state index is -0.168. The largest absolute Gasteiger partial charge is 0.488 e. The van der Waals surface area contributed by atoms with Crippen LogP contribution in [0.25, 0.3) is 10.9 Å². The number of fused-ring (bicyclic) bond motifs is 1. The van der Waals surface area contributed by atoms with Gasteiger partial charge in [-0.15, -0.1) is 0 Å². The minimum Gasteiger partial charge on any atom is -0.488 e. The Bertz CT molecular complexity index is 607. The van der Waals surface area contributed by atoms with Gasteiger partial charge < -0.3 is 14.6 Å². The zero-order valence-corrected chi connectivity index (χ0v) is 14.9. The summed E-state index contributed by atoms with van der Waals surface area (Å²) in [5.74, 6) is 0.942. The van der Waals surface area contributed by atoms with Gasteiger partial charge >= 0.3 is 0 Å². The lowest BCUT2D eigenvalue weighted by atomic mass is 10.0. The zero-order chi connectivity index (χ0) is 16.3. The lowest BCUT2D eigenvalue weighted by Crippen LogP contribution is -2.29. The molecule has 0 aliphatic heterocycles. The average molecular weight is 302 g/mol. The van der Waals surface area contributed by atoms with Gasteiger partial charge in [-0.2, -0.15) is 0 Å². The van der Waals surface area contributed by atoms with Crippen LogP contribution in [0.15, 0.2) is 24.4 Å². The molecule has 1 N–H and O–H groups in total. The van der Waals surface area contributed by atoms with E-state index < -0.39 is 0 Å². The van der Waals surface area contributed by atoms with Crippen LogP contribution < -0.4 is 4.74 Å². The molecule has 22 heavy (non-hydrogen) atoms. The van der Waals surface area contributed by atoms with E-state index >= 15 is 0 Å². The predicted octanol–water partition coefficient (Wildman–Crippen LogP) is 4.62. The minimum absolute atomic E-state index is 0.168. The maximum absolute atomic E-state index is 6.01. The summed E-state index contributed by atoms with van der Waals surface area (Å²) in [7, 11) is 4.34. The number of rotatable bonds is 6. The average Bonchev–Trinajstić information content (AvgIpc) is 2.79. The summed E-state index contributed by atoms with van der Waals surface area (Å²) in [5.41, 5.74) is 2.39. The van der Waals surface area contributed by atoms with Crippen molar-refractivity contribution in [3.05, 3.63) is 30.0 Å². The molecule has 0 aliphatic carbocycles. The SMILES string of the molecule is CCCC(Cc1c[nH]c2ccc(OC(C)(C)C)cc12)N(C)C. The van der Waals surface area contributed by atoms with Gasteiger partial charge in [0.2, 0.25) is 0 Å². The van der Waals surface area contributed by atoms with Crippen molar-refractivity contribution >= 4 is 10.9 Å². The van der Waals surface area contributed by atoms with E-state index in [9.17, 15) is 0 Å². The Morgan fingerprint density at radius 3 is 2.55 bits per heavy atom. The first-order chi connectivity index (χ1) is 10.3. The van der Waals surface area contributed by atoms with Crippen LogP contribution in [0.5, 0.6) is 5.75 Å². The van der Waals surface area contributed by atoms with Crippen molar-refractivity contribution in [3.8, 4) is 5.75 Å². The van der Waals surface area contributed by atoms with Gasteiger partial charge in [-0.3, -0.25) is 0 Å². The molecule has 2 aromatic rings. The second kappa shape index (κ2) is 6.74. The lowest BCUT2D eigenvalue weighted by molar-refractivity contribution is 0.131. The Labute approximate surface area is 134 Å². The number of hydrogen-bond donors (Lipinski definition) is 1. The van der Waals surface area contributed by atoms with E-state index in [0.717, 1.165) is 12.2 Å². The van der Waals surface area contributed by atoms with Crippen LogP contribution in [0.3, 0.4) is 0 Å². The fourth-order valence-electron chi connectivity index (χ4n) is 2.87. The third-order valence-corrected chi connectivity index (χ3v) is 3.97. The Balaban J connectivity index is 2.28. The third-order valence-electron chi connectivity index (χ3n) is 3.97. The normalized spacial score (nSPS) is 13.8. The summed E-state index contributed by atoms with van der Waals surface area (Å²) in [5, 5.41) is 1.28. The second-order valence-electron chi connectivity index (χ2n) is 7.35. The molecule has 122 valence electrons. The van der Waals surface area contributed by atoms with Gasteiger partial charge in [-0.1, -0.05) is 13.3 Å². The van der Waals surface area contributed by atoms with Crippen LogP contribution in [0.2, 0.25) is 0 Å². The molecule has 3 nitrogen and oxygen atoms in total. The molecule has 1 aromatic carbocycles. The van der Waals surface area contributed by atoms with E-state index in [1.54, 1.807) is 0 Å². The predicted molar refractivity (Wildman–Crippen MR) is 94.8 cm³/mol. The lowest BCUT2D eigenvalue weighted by Gasteiger charge is -2.24. The maximum Gasteiger partial charge on any atom is 0.120 e. The molecule has 1 unspecified atom stereocenters. The molecule has 0 amide bonds. The smallest absolute Gasteiger partial charge is 0.120 e. The molecule has 0 saturated carbocycles. The third kappa shape index (κ3) is 4.26. The summed E-state index contributed by atoms with van der Waals surface area (Å²) in [6, 6.07) is 6.91. The van der Waals surface area contributed by atoms with Crippen molar-refractivity contribution in [1.29, 1.82) is 0 Å². The first-order valence-corrected chi connectivity index (χ1v) is 8.25. The van der Waals surface area contributed by atoms with E-state index in [0.29, 0.717) is 6.04 Å². The highest BCUT2D eigenvalue weighted by molar-refractivity contribution is 5.84. The molecule has 1 heterocycles. The van der Waals surface area contributed by atoms with Gasteiger partial charge in [0.25, 0.3) is 0 Å². The number of aromatic nitrogens is 1. The number of ether oxygens (including phenoxy) is 1. The fourth-order valence-corrected chi connectivity index (χ4v) is 2.87. The highest BCUT2D eigenvalue weighted by atomic mass is 16.5. The van der Waals surface area contributed by atoms with Crippen molar-refractivity contribution in [3.63, 3.8) is 0 Å². The molecule has 1 atom stereocenters. The molecular weight excluding hydrogens is 272 g/mol. The van der Waals surface area contributed by atoms with E-state index in [-0.39, 0.29) is 5.60 Å². The van der Waals surface area contributed by atoms with E-state index in [2.05, 4.69) is 70.0 Å². The van der Waals surface area contributed by atoms with Gasteiger partial charge in [0, 0.05) is 23.1 Å². The van der Waals surface area contributed by atoms with Gasteiger partial charge in [0.05, 0.1) is 0 Å². The molecule has 0 spiro atoms. The van der Waals surface area contributed by atoms with E-state index in [1.165, 1.54) is 29.3 Å². The summed E-state index contributed by atoms with van der Waals surface area (Å²) < 4.78 is 6.01. The van der Waals surface area contributed by atoms with Crippen LogP contribution in [0.4, 0.5) is 0 Å². The Kier molecular flexibility index (Phi) is 5.17. The van der Waals surface area contributed by atoms with Crippen LogP contribution in [-0.2, 0) is 6.42 Å². The van der Waals surface area contributed by atoms with Gasteiger partial charge in [-0.25, -0.2) is 0 Å². The summed E-state index contributed by atoms with van der Waals surface area (Å²) in [6.45, 7) is 8.50. The van der Waals surface area contributed by atoms with E-state index in [4.69, 9.17) is 4.74 Å². The first kappa shape index (κ1) is 16.9. The molecule has 2 rings (SSSR count). The monoisotopic (exact) mass is 302 g/mol. The van der Waals surface area contributed by atoms with Crippen molar-refractivity contribution in [2.75, 3.05) is 14.1 Å². The van der Waals surface area contributed by atoms with Crippen molar-refractivity contribution in [1.82, 2.24) is 9.88 Å². The highest BCUT2D eigenvalue weighted by Gasteiger charge is 2.16.